The van der Waals surface area contributed by atoms with Gasteiger partial charge in [0, 0.05) is 42.6 Å². The molecule has 0 fully saturated rings. The summed E-state index contributed by atoms with van der Waals surface area (Å²) in [5.74, 6) is 1.46. The van der Waals surface area contributed by atoms with E-state index in [0.717, 1.165) is 51.3 Å². The van der Waals surface area contributed by atoms with Crippen molar-refractivity contribution in [2.45, 2.75) is 13.3 Å². The van der Waals surface area contributed by atoms with Crippen LogP contribution in [0, 0.1) is 6.92 Å². The zero-order valence-electron chi connectivity index (χ0n) is 20.3. The molecule has 2 heterocycles. The molecule has 0 saturated carbocycles. The van der Waals surface area contributed by atoms with Gasteiger partial charge in [-0.05, 0) is 67.9 Å². The highest BCUT2D eigenvalue weighted by atomic mass is 32.1. The molecular weight excluding hydrogens is 462 g/mol. The maximum atomic E-state index is 13.0. The van der Waals surface area contributed by atoms with E-state index >= 15 is 0 Å². The molecule has 0 atom stereocenters. The van der Waals surface area contributed by atoms with Crippen LogP contribution in [0.5, 0.6) is 11.5 Å². The molecule has 8 heteroatoms. The van der Waals surface area contributed by atoms with Crippen LogP contribution in [0.2, 0.25) is 0 Å². The largest absolute Gasteiger partial charge is 0.497 e. The first-order valence-electron chi connectivity index (χ1n) is 11.3. The molecular formula is C27H29N3O4S. The first kappa shape index (κ1) is 24.5. The van der Waals surface area contributed by atoms with Crippen LogP contribution < -0.4 is 14.8 Å². The summed E-state index contributed by atoms with van der Waals surface area (Å²) in [4.78, 5) is 17.9. The van der Waals surface area contributed by atoms with Crippen molar-refractivity contribution < 1.29 is 19.0 Å². The standard InChI is InChI=1S/C27H29N3O4S/c1-18-23(26(31)28-14-5-15-32-2)16-25(30(18)20-8-12-22(34-4)13-9-20)24-17-35-27(29-24)19-6-10-21(33-3)11-7-19/h6-13,16-17H,5,14-15H2,1-4H3,(H,28,31). The molecule has 2 aromatic carbocycles. The molecule has 0 unspecified atom stereocenters. The molecule has 0 bridgehead atoms. The highest BCUT2D eigenvalue weighted by molar-refractivity contribution is 7.13. The Hall–Kier alpha value is -3.62. The minimum atomic E-state index is -0.113. The predicted molar refractivity (Wildman–Crippen MR) is 139 cm³/mol. The van der Waals surface area contributed by atoms with Crippen molar-refractivity contribution in [3.05, 3.63) is 71.2 Å². The lowest BCUT2D eigenvalue weighted by Gasteiger charge is -2.12. The number of rotatable bonds is 10. The summed E-state index contributed by atoms with van der Waals surface area (Å²) in [6.45, 7) is 3.10. The molecule has 4 aromatic rings. The first-order chi connectivity index (χ1) is 17.0. The van der Waals surface area contributed by atoms with Gasteiger partial charge in [0.1, 0.15) is 16.5 Å². The van der Waals surface area contributed by atoms with Crippen LogP contribution in [-0.2, 0) is 4.74 Å². The van der Waals surface area contributed by atoms with Crippen molar-refractivity contribution in [2.24, 2.45) is 0 Å². The summed E-state index contributed by atoms with van der Waals surface area (Å²) in [5.41, 5.74) is 5.05. The minimum Gasteiger partial charge on any atom is -0.497 e. The Kier molecular flexibility index (Phi) is 7.84. The Labute approximate surface area is 209 Å². The third-order valence-electron chi connectivity index (χ3n) is 5.74. The third kappa shape index (κ3) is 5.39. The Morgan fingerprint density at radius 2 is 1.66 bits per heavy atom. The molecule has 0 aliphatic carbocycles. The van der Waals surface area contributed by atoms with Crippen LogP contribution in [-0.4, -0.2) is 49.9 Å². The fraction of sp³-hybridized carbons (Fsp3) is 0.259. The van der Waals surface area contributed by atoms with Crippen LogP contribution in [0.1, 0.15) is 22.5 Å². The van der Waals surface area contributed by atoms with Gasteiger partial charge in [-0.3, -0.25) is 4.79 Å². The van der Waals surface area contributed by atoms with Crippen molar-refractivity contribution >= 4 is 17.2 Å². The number of carbonyl (C=O) groups excluding carboxylic acids is 1. The topological polar surface area (TPSA) is 74.6 Å². The third-order valence-corrected chi connectivity index (χ3v) is 6.63. The average Bonchev–Trinajstić information content (AvgIpc) is 3.51. The number of ether oxygens (including phenoxy) is 3. The summed E-state index contributed by atoms with van der Waals surface area (Å²) in [7, 11) is 4.95. The van der Waals surface area contributed by atoms with Crippen molar-refractivity contribution in [3.63, 3.8) is 0 Å². The predicted octanol–water partition coefficient (Wildman–Crippen LogP) is 5.36. The molecule has 7 nitrogen and oxygen atoms in total. The fourth-order valence-electron chi connectivity index (χ4n) is 3.86. The summed E-state index contributed by atoms with van der Waals surface area (Å²) < 4.78 is 17.7. The number of methoxy groups -OCH3 is 3. The number of aromatic nitrogens is 2. The second-order valence-corrected chi connectivity index (χ2v) is 8.79. The van der Waals surface area contributed by atoms with E-state index in [1.807, 2.05) is 66.9 Å². The van der Waals surface area contributed by atoms with Gasteiger partial charge in [0.05, 0.1) is 31.2 Å². The normalized spacial score (nSPS) is 10.9. The monoisotopic (exact) mass is 491 g/mol. The lowest BCUT2D eigenvalue weighted by atomic mass is 10.2. The Morgan fingerprint density at radius 3 is 2.29 bits per heavy atom. The minimum absolute atomic E-state index is 0.113. The lowest BCUT2D eigenvalue weighted by Crippen LogP contribution is -2.25. The molecule has 0 aliphatic rings. The van der Waals surface area contributed by atoms with E-state index in [1.165, 1.54) is 0 Å². The fourth-order valence-corrected chi connectivity index (χ4v) is 4.68. The molecule has 182 valence electrons. The molecule has 1 amide bonds. The van der Waals surface area contributed by atoms with Gasteiger partial charge < -0.3 is 24.1 Å². The number of nitrogens with one attached hydrogen (secondary N) is 1. The SMILES string of the molecule is COCCCNC(=O)c1cc(-c2csc(-c3ccc(OC)cc3)n2)n(-c2ccc(OC)cc2)c1C. The smallest absolute Gasteiger partial charge is 0.253 e. The van der Waals surface area contributed by atoms with Crippen molar-refractivity contribution in [3.8, 4) is 39.1 Å². The second-order valence-electron chi connectivity index (χ2n) is 7.93. The molecule has 0 aliphatic heterocycles. The first-order valence-corrected chi connectivity index (χ1v) is 12.2. The Balaban J connectivity index is 1.73. The van der Waals surface area contributed by atoms with Gasteiger partial charge >= 0.3 is 0 Å². The summed E-state index contributed by atoms with van der Waals surface area (Å²) >= 11 is 1.56. The molecule has 1 N–H and O–H groups in total. The molecule has 0 spiro atoms. The van der Waals surface area contributed by atoms with Gasteiger partial charge in [-0.15, -0.1) is 11.3 Å². The summed E-state index contributed by atoms with van der Waals surface area (Å²) in [6, 6.07) is 17.5. The van der Waals surface area contributed by atoms with E-state index in [0.29, 0.717) is 18.7 Å². The van der Waals surface area contributed by atoms with Crippen molar-refractivity contribution in [2.75, 3.05) is 34.5 Å². The molecule has 35 heavy (non-hydrogen) atoms. The van der Waals surface area contributed by atoms with Crippen LogP contribution in [0.25, 0.3) is 27.6 Å². The number of benzene rings is 2. The van der Waals surface area contributed by atoms with E-state index in [2.05, 4.69) is 9.88 Å². The lowest BCUT2D eigenvalue weighted by molar-refractivity contribution is 0.0948. The number of amides is 1. The van der Waals surface area contributed by atoms with Crippen molar-refractivity contribution in [1.82, 2.24) is 14.9 Å². The van der Waals surface area contributed by atoms with E-state index < -0.39 is 0 Å². The average molecular weight is 492 g/mol. The van der Waals surface area contributed by atoms with Gasteiger partial charge in [-0.1, -0.05) is 0 Å². The van der Waals surface area contributed by atoms with Crippen LogP contribution in [0.15, 0.2) is 60.0 Å². The van der Waals surface area contributed by atoms with E-state index in [4.69, 9.17) is 19.2 Å². The summed E-state index contributed by atoms with van der Waals surface area (Å²) in [6.07, 6.45) is 0.755. The number of nitrogens with zero attached hydrogens (tertiary/aromatic N) is 2. The maximum absolute atomic E-state index is 13.0. The van der Waals surface area contributed by atoms with Gasteiger partial charge in [0.2, 0.25) is 0 Å². The van der Waals surface area contributed by atoms with Crippen LogP contribution in [0.3, 0.4) is 0 Å². The molecule has 0 radical (unpaired) electrons. The Bertz CT molecular complexity index is 1280. The van der Waals surface area contributed by atoms with Crippen LogP contribution >= 0.6 is 11.3 Å². The van der Waals surface area contributed by atoms with Crippen molar-refractivity contribution in [1.29, 1.82) is 0 Å². The van der Waals surface area contributed by atoms with Crippen LogP contribution in [0.4, 0.5) is 0 Å². The summed E-state index contributed by atoms with van der Waals surface area (Å²) in [5, 5.41) is 5.92. The highest BCUT2D eigenvalue weighted by Gasteiger charge is 2.21. The van der Waals surface area contributed by atoms with Gasteiger partial charge in [-0.2, -0.15) is 0 Å². The zero-order chi connectivity index (χ0) is 24.8. The Morgan fingerprint density at radius 1 is 1.00 bits per heavy atom. The second kappa shape index (κ2) is 11.2. The number of hydrogen-bond donors (Lipinski definition) is 1. The van der Waals surface area contributed by atoms with Gasteiger partial charge in [-0.25, -0.2) is 4.98 Å². The zero-order valence-corrected chi connectivity index (χ0v) is 21.1. The number of thiazole rings is 1. The number of hydrogen-bond acceptors (Lipinski definition) is 6. The number of carbonyl (C=O) groups is 1. The quantitative estimate of drug-likeness (QED) is 0.302. The highest BCUT2D eigenvalue weighted by Crippen LogP contribution is 2.34. The van der Waals surface area contributed by atoms with E-state index in [9.17, 15) is 4.79 Å². The molecule has 0 saturated heterocycles. The maximum Gasteiger partial charge on any atom is 0.253 e. The van der Waals surface area contributed by atoms with Gasteiger partial charge in [0.25, 0.3) is 5.91 Å². The van der Waals surface area contributed by atoms with E-state index in [-0.39, 0.29) is 5.91 Å². The molecule has 2 aromatic heterocycles. The molecule has 4 rings (SSSR count). The van der Waals surface area contributed by atoms with E-state index in [1.54, 1.807) is 32.7 Å². The van der Waals surface area contributed by atoms with Gasteiger partial charge in [0.15, 0.2) is 0 Å².